The van der Waals surface area contributed by atoms with Crippen molar-refractivity contribution in [2.24, 2.45) is 5.92 Å². The van der Waals surface area contributed by atoms with Crippen LogP contribution in [0.2, 0.25) is 10.0 Å². The van der Waals surface area contributed by atoms with Crippen molar-refractivity contribution in [3.05, 3.63) is 99.4 Å². The predicted molar refractivity (Wildman–Crippen MR) is 172 cm³/mol. The van der Waals surface area contributed by atoms with Crippen LogP contribution in [0.1, 0.15) is 64.8 Å². The molecule has 1 unspecified atom stereocenters. The van der Waals surface area contributed by atoms with Gasteiger partial charge in [0, 0.05) is 65.3 Å². The van der Waals surface area contributed by atoms with Crippen molar-refractivity contribution in [3.8, 4) is 5.75 Å². The first-order chi connectivity index (χ1) is 21.3. The van der Waals surface area contributed by atoms with Crippen molar-refractivity contribution in [2.45, 2.75) is 63.7 Å². The zero-order valence-corrected chi connectivity index (χ0v) is 26.2. The fourth-order valence-electron chi connectivity index (χ4n) is 7.21. The van der Waals surface area contributed by atoms with Gasteiger partial charge in [-0.1, -0.05) is 47.5 Å². The Balaban J connectivity index is 1.09. The largest absolute Gasteiger partial charge is 0.495 e. The summed E-state index contributed by atoms with van der Waals surface area (Å²) in [6, 6.07) is 18.0. The van der Waals surface area contributed by atoms with Crippen LogP contribution >= 0.6 is 23.2 Å². The number of ether oxygens (including phenoxy) is 1. The topological polar surface area (TPSA) is 63.6 Å². The van der Waals surface area contributed by atoms with E-state index in [9.17, 15) is 14.0 Å². The van der Waals surface area contributed by atoms with Gasteiger partial charge in [-0.2, -0.15) is 0 Å². The molecule has 1 N–H and O–H groups in total. The summed E-state index contributed by atoms with van der Waals surface area (Å²) in [6.07, 6.45) is 7.71. The Hall–Kier alpha value is -3.39. The van der Waals surface area contributed by atoms with Crippen molar-refractivity contribution in [3.63, 3.8) is 0 Å². The quantitative estimate of drug-likeness (QED) is 0.170. The molecule has 1 aromatic heterocycles. The van der Waals surface area contributed by atoms with Crippen molar-refractivity contribution >= 4 is 45.8 Å². The van der Waals surface area contributed by atoms with E-state index in [1.165, 1.54) is 12.1 Å². The van der Waals surface area contributed by atoms with Gasteiger partial charge < -0.3 is 14.6 Å². The van der Waals surface area contributed by atoms with Gasteiger partial charge in [0.25, 0.3) is 5.91 Å². The van der Waals surface area contributed by atoms with E-state index in [1.54, 1.807) is 37.4 Å². The number of aryl methyl sites for hydroxylation is 1. The second-order valence-corrected chi connectivity index (χ2v) is 12.9. The number of carbonyl (C=O) groups excluding carboxylic acids is 2. The van der Waals surface area contributed by atoms with E-state index in [0.717, 1.165) is 61.8 Å². The molecule has 6 rings (SSSR count). The van der Waals surface area contributed by atoms with E-state index in [0.29, 0.717) is 51.2 Å². The summed E-state index contributed by atoms with van der Waals surface area (Å²) in [5.41, 5.74) is 2.76. The molecule has 0 radical (unpaired) electrons. The van der Waals surface area contributed by atoms with Gasteiger partial charge in [-0.15, -0.1) is 0 Å². The molecule has 230 valence electrons. The molecule has 2 bridgehead atoms. The van der Waals surface area contributed by atoms with Crippen molar-refractivity contribution in [2.75, 3.05) is 13.7 Å². The lowest BCUT2D eigenvalue weighted by atomic mass is 9.85. The number of nitrogens with zero attached hydrogens (tertiary/aromatic N) is 2. The summed E-state index contributed by atoms with van der Waals surface area (Å²) < 4.78 is 21.4. The summed E-state index contributed by atoms with van der Waals surface area (Å²) in [5.74, 6) is 0.655. The number of methoxy groups -OCH3 is 1. The Morgan fingerprint density at radius 1 is 0.977 bits per heavy atom. The number of aromatic nitrogens is 1. The van der Waals surface area contributed by atoms with Crippen LogP contribution in [0, 0.1) is 11.7 Å². The summed E-state index contributed by atoms with van der Waals surface area (Å²) >= 11 is 12.3. The fourth-order valence-corrected chi connectivity index (χ4v) is 7.74. The minimum Gasteiger partial charge on any atom is -0.495 e. The Morgan fingerprint density at radius 2 is 1.70 bits per heavy atom. The van der Waals surface area contributed by atoms with Gasteiger partial charge in [0.15, 0.2) is 5.78 Å². The molecule has 2 saturated heterocycles. The second kappa shape index (κ2) is 13.3. The number of nitrogens with one attached hydrogen (secondary N) is 1. The third kappa shape index (κ3) is 6.65. The van der Waals surface area contributed by atoms with E-state index in [4.69, 9.17) is 27.9 Å². The molecule has 4 aromatic rings. The first-order valence-corrected chi connectivity index (χ1v) is 16.0. The highest BCUT2D eigenvalue weighted by Crippen LogP contribution is 2.40. The number of halogens is 3. The molecule has 9 heteroatoms. The highest BCUT2D eigenvalue weighted by molar-refractivity contribution is 6.35. The third-order valence-electron chi connectivity index (χ3n) is 9.12. The summed E-state index contributed by atoms with van der Waals surface area (Å²) in [7, 11) is 1.64. The van der Waals surface area contributed by atoms with Crippen LogP contribution in [0.3, 0.4) is 0 Å². The molecular weight excluding hydrogens is 600 g/mol. The van der Waals surface area contributed by atoms with Crippen LogP contribution in [0.25, 0.3) is 10.9 Å². The van der Waals surface area contributed by atoms with E-state index in [2.05, 4.69) is 14.8 Å². The number of amides is 1. The third-order valence-corrected chi connectivity index (χ3v) is 9.56. The maximum absolute atomic E-state index is 13.6. The first-order valence-electron chi connectivity index (χ1n) is 15.2. The number of benzene rings is 3. The minimum atomic E-state index is -0.327. The highest BCUT2D eigenvalue weighted by atomic mass is 35.5. The summed E-state index contributed by atoms with van der Waals surface area (Å²) in [6.45, 7) is 1.93. The van der Waals surface area contributed by atoms with E-state index >= 15 is 0 Å². The maximum atomic E-state index is 13.6. The summed E-state index contributed by atoms with van der Waals surface area (Å²) in [4.78, 5) is 28.9. The van der Waals surface area contributed by atoms with Gasteiger partial charge in [-0.05, 0) is 80.0 Å². The van der Waals surface area contributed by atoms with Crippen LogP contribution in [-0.4, -0.2) is 46.9 Å². The molecule has 2 fully saturated rings. The zero-order chi connectivity index (χ0) is 30.8. The number of ketones is 1. The SMILES string of the molecule is COc1cccc2c(C(=O)NCc3cccc(F)c3)cn(CCCN3[C@@H]4CC[C@H]3CC(CC(=O)c3cc(Cl)cc(Cl)c3)C4)c12. The van der Waals surface area contributed by atoms with Gasteiger partial charge in [0.1, 0.15) is 11.6 Å². The Kier molecular flexibility index (Phi) is 9.26. The molecule has 1 amide bonds. The Morgan fingerprint density at radius 3 is 2.41 bits per heavy atom. The Labute approximate surface area is 267 Å². The van der Waals surface area contributed by atoms with Crippen LogP contribution in [0.4, 0.5) is 4.39 Å². The molecule has 3 atom stereocenters. The molecule has 2 aliphatic rings. The van der Waals surface area contributed by atoms with Gasteiger partial charge in [-0.3, -0.25) is 14.5 Å². The number of hydrogen-bond acceptors (Lipinski definition) is 4. The zero-order valence-electron chi connectivity index (χ0n) is 24.7. The van der Waals surface area contributed by atoms with Gasteiger partial charge in [0.2, 0.25) is 0 Å². The van der Waals surface area contributed by atoms with E-state index in [1.807, 2.05) is 24.4 Å². The van der Waals surface area contributed by atoms with E-state index in [-0.39, 0.29) is 24.1 Å². The molecule has 0 saturated carbocycles. The molecule has 3 heterocycles. The lowest BCUT2D eigenvalue weighted by molar-refractivity contribution is 0.0807. The van der Waals surface area contributed by atoms with Crippen LogP contribution in [0.15, 0.2) is 66.9 Å². The average molecular weight is 637 g/mol. The number of carbonyl (C=O) groups is 2. The number of piperidine rings is 1. The van der Waals surface area contributed by atoms with Crippen LogP contribution < -0.4 is 10.1 Å². The number of hydrogen-bond donors (Lipinski definition) is 1. The molecule has 6 nitrogen and oxygen atoms in total. The highest BCUT2D eigenvalue weighted by Gasteiger charge is 2.40. The molecule has 3 aromatic carbocycles. The van der Waals surface area contributed by atoms with Gasteiger partial charge >= 0.3 is 0 Å². The second-order valence-electron chi connectivity index (χ2n) is 12.0. The Bertz CT molecular complexity index is 1660. The van der Waals surface area contributed by atoms with Crippen molar-refractivity contribution in [1.82, 2.24) is 14.8 Å². The number of fused-ring (bicyclic) bond motifs is 3. The van der Waals surface area contributed by atoms with E-state index < -0.39 is 0 Å². The summed E-state index contributed by atoms with van der Waals surface area (Å²) in [5, 5.41) is 4.74. The number of para-hydroxylation sites is 1. The molecule has 0 aliphatic carbocycles. The van der Waals surface area contributed by atoms with Crippen LogP contribution in [-0.2, 0) is 13.1 Å². The van der Waals surface area contributed by atoms with Crippen molar-refractivity contribution < 1.29 is 18.7 Å². The predicted octanol–water partition coefficient (Wildman–Crippen LogP) is 7.93. The smallest absolute Gasteiger partial charge is 0.253 e. The average Bonchev–Trinajstić information content (AvgIpc) is 3.48. The minimum absolute atomic E-state index is 0.108. The molecule has 2 aliphatic heterocycles. The lowest BCUT2D eigenvalue weighted by Crippen LogP contribution is -2.43. The molecule has 0 spiro atoms. The lowest BCUT2D eigenvalue weighted by Gasteiger charge is -2.39. The number of Topliss-reactive ketones (excluding diaryl/α,β-unsaturated/α-hetero) is 1. The molecular formula is C35H36Cl2FN3O3. The van der Waals surface area contributed by atoms with Gasteiger partial charge in [-0.25, -0.2) is 4.39 Å². The maximum Gasteiger partial charge on any atom is 0.253 e. The fraction of sp³-hybridized carbons (Fsp3) is 0.371. The van der Waals surface area contributed by atoms with Crippen LogP contribution in [0.5, 0.6) is 5.75 Å². The normalized spacial score (nSPS) is 19.8. The standard InChI is InChI=1S/C35H36Cl2FN3O3/c1-44-33-8-3-7-30-31(35(43)39-20-22-5-2-6-27(38)13-22)21-40(34(30)33)11-4-12-41-28-9-10-29(41)15-23(14-28)16-32(42)24-17-25(36)19-26(37)18-24/h2-3,5-8,13,17-19,21,23,28-29H,4,9-12,14-16,20H2,1H3,(H,39,43)/t23?,28-,29+. The molecule has 44 heavy (non-hydrogen) atoms. The first kappa shape index (κ1) is 30.6. The monoisotopic (exact) mass is 635 g/mol. The van der Waals surface area contributed by atoms with Gasteiger partial charge in [0.05, 0.1) is 18.2 Å². The van der Waals surface area contributed by atoms with Crippen molar-refractivity contribution in [1.29, 1.82) is 0 Å². The number of rotatable bonds is 11.